The number of hydrogen-bond donors (Lipinski definition) is 5. The number of aliphatic imine (C=N–C) groups is 1. The van der Waals surface area contributed by atoms with E-state index in [0.29, 0.717) is 18.4 Å². The van der Waals surface area contributed by atoms with Gasteiger partial charge in [0, 0.05) is 18.9 Å². The van der Waals surface area contributed by atoms with Gasteiger partial charge >= 0.3 is 12.1 Å². The zero-order valence-electron chi connectivity index (χ0n) is 13.9. The second-order valence-corrected chi connectivity index (χ2v) is 4.98. The summed E-state index contributed by atoms with van der Waals surface area (Å²) in [4.78, 5) is 38.4. The molecule has 1 atom stereocenters. The molecular weight excluding hydrogens is 378 g/mol. The van der Waals surface area contributed by atoms with Gasteiger partial charge in [-0.15, -0.1) is 0 Å². The molecular formula is C14H19F4N5O4. The van der Waals surface area contributed by atoms with Gasteiger partial charge < -0.3 is 26.9 Å². The van der Waals surface area contributed by atoms with Gasteiger partial charge in [-0.05, 0) is 18.9 Å². The van der Waals surface area contributed by atoms with Crippen LogP contribution in [0.5, 0.6) is 0 Å². The van der Waals surface area contributed by atoms with Crippen LogP contribution in [-0.4, -0.2) is 59.1 Å². The fraction of sp³-hybridized carbons (Fsp3) is 0.429. The van der Waals surface area contributed by atoms with Crippen molar-refractivity contribution in [3.8, 4) is 0 Å². The first-order chi connectivity index (χ1) is 12.5. The molecule has 13 heteroatoms. The summed E-state index contributed by atoms with van der Waals surface area (Å²) in [7, 11) is 0. The smallest absolute Gasteiger partial charge is 0.475 e. The number of H-pyrrole nitrogens is 1. The van der Waals surface area contributed by atoms with E-state index in [1.807, 2.05) is 0 Å². The molecule has 2 amide bonds. The van der Waals surface area contributed by atoms with E-state index in [1.54, 1.807) is 12.3 Å². The highest BCUT2D eigenvalue weighted by molar-refractivity contribution is 5.97. The number of carbonyl (C=O) groups excluding carboxylic acids is 2. The largest absolute Gasteiger partial charge is 0.490 e. The Hall–Kier alpha value is -3.12. The second-order valence-electron chi connectivity index (χ2n) is 4.98. The fourth-order valence-electron chi connectivity index (χ4n) is 1.55. The third-order valence-corrected chi connectivity index (χ3v) is 2.85. The van der Waals surface area contributed by atoms with E-state index in [1.165, 1.54) is 6.20 Å². The number of hydrogen-bond acceptors (Lipinski definition) is 4. The molecule has 0 fully saturated rings. The first-order valence-electron chi connectivity index (χ1n) is 7.36. The quantitative estimate of drug-likeness (QED) is 0.184. The lowest BCUT2D eigenvalue weighted by molar-refractivity contribution is -0.192. The fourth-order valence-corrected chi connectivity index (χ4v) is 1.55. The molecule has 152 valence electrons. The summed E-state index contributed by atoms with van der Waals surface area (Å²) >= 11 is 0. The Morgan fingerprint density at radius 3 is 2.30 bits per heavy atom. The first-order valence-corrected chi connectivity index (χ1v) is 7.36. The molecule has 1 rings (SSSR count). The highest BCUT2D eigenvalue weighted by atomic mass is 19.4. The number of carbonyl (C=O) groups is 3. The maximum atomic E-state index is 12.0. The summed E-state index contributed by atoms with van der Waals surface area (Å²) in [5.74, 6) is -3.86. The molecule has 0 aliphatic heterocycles. The van der Waals surface area contributed by atoms with Crippen LogP contribution >= 0.6 is 0 Å². The van der Waals surface area contributed by atoms with E-state index in [9.17, 15) is 27.2 Å². The minimum absolute atomic E-state index is 0.0861. The number of aromatic nitrogens is 1. The van der Waals surface area contributed by atoms with Crippen molar-refractivity contribution in [2.75, 3.05) is 13.2 Å². The number of amidine groups is 1. The van der Waals surface area contributed by atoms with Crippen molar-refractivity contribution in [3.63, 3.8) is 0 Å². The molecule has 0 saturated carbocycles. The second kappa shape index (κ2) is 11.5. The van der Waals surface area contributed by atoms with Crippen molar-refractivity contribution in [1.29, 1.82) is 0 Å². The standard InChI is InChI=1S/C12H18FN5O2.C2HF3O2/c13-6-10(14)17-4-1-2-9(11(15)19)18-12(20)8-3-5-16-7-8;3-2(4,5)1(6)7/h3,5,7,9,16H,1-2,4,6H2,(H2,14,17)(H2,15,19)(H,18,20);(H,6,7)/t9-;/m0./s1. The van der Waals surface area contributed by atoms with Crippen LogP contribution in [0.1, 0.15) is 23.2 Å². The number of carboxylic acids is 1. The Kier molecular flexibility index (Phi) is 10.2. The van der Waals surface area contributed by atoms with Crippen LogP contribution in [0.25, 0.3) is 0 Å². The van der Waals surface area contributed by atoms with Crippen LogP contribution in [0, 0.1) is 0 Å². The normalized spacial score (nSPS) is 12.5. The monoisotopic (exact) mass is 397 g/mol. The van der Waals surface area contributed by atoms with Gasteiger partial charge in [-0.2, -0.15) is 13.2 Å². The topological polar surface area (TPSA) is 164 Å². The summed E-state index contributed by atoms with van der Waals surface area (Å²) in [6.45, 7) is -0.525. The van der Waals surface area contributed by atoms with E-state index in [-0.39, 0.29) is 18.3 Å². The highest BCUT2D eigenvalue weighted by Crippen LogP contribution is 2.13. The van der Waals surface area contributed by atoms with Crippen LogP contribution in [0.3, 0.4) is 0 Å². The van der Waals surface area contributed by atoms with E-state index >= 15 is 0 Å². The molecule has 7 N–H and O–H groups in total. The average molecular weight is 397 g/mol. The van der Waals surface area contributed by atoms with Gasteiger partial charge in [0.05, 0.1) is 5.56 Å². The SMILES string of the molecule is NC(=O)[C@H](CCCN=C(N)CF)NC(=O)c1cc[nH]c1.O=C(O)C(F)(F)F. The minimum Gasteiger partial charge on any atom is -0.475 e. The van der Waals surface area contributed by atoms with E-state index in [2.05, 4.69) is 15.3 Å². The van der Waals surface area contributed by atoms with Crippen LogP contribution in [0.15, 0.2) is 23.5 Å². The molecule has 1 aromatic rings. The number of rotatable bonds is 8. The Labute approximate surface area is 150 Å². The lowest BCUT2D eigenvalue weighted by Crippen LogP contribution is -2.44. The molecule has 0 unspecified atom stereocenters. The van der Waals surface area contributed by atoms with Crippen molar-refractivity contribution in [2.24, 2.45) is 16.5 Å². The van der Waals surface area contributed by atoms with Crippen molar-refractivity contribution in [1.82, 2.24) is 10.3 Å². The van der Waals surface area contributed by atoms with Crippen LogP contribution < -0.4 is 16.8 Å². The molecule has 0 bridgehead atoms. The van der Waals surface area contributed by atoms with Gasteiger partial charge in [-0.3, -0.25) is 14.6 Å². The molecule has 27 heavy (non-hydrogen) atoms. The first kappa shape index (κ1) is 23.9. The van der Waals surface area contributed by atoms with Crippen LogP contribution in [0.4, 0.5) is 17.6 Å². The maximum Gasteiger partial charge on any atom is 0.490 e. The molecule has 0 aromatic carbocycles. The number of nitrogens with zero attached hydrogens (tertiary/aromatic N) is 1. The Morgan fingerprint density at radius 2 is 1.89 bits per heavy atom. The van der Waals surface area contributed by atoms with E-state index < -0.39 is 30.8 Å². The van der Waals surface area contributed by atoms with Gasteiger partial charge in [0.2, 0.25) is 5.91 Å². The number of alkyl halides is 4. The predicted molar refractivity (Wildman–Crippen MR) is 86.6 cm³/mol. The van der Waals surface area contributed by atoms with Crippen molar-refractivity contribution < 1.29 is 37.1 Å². The van der Waals surface area contributed by atoms with E-state index in [4.69, 9.17) is 21.4 Å². The lowest BCUT2D eigenvalue weighted by Gasteiger charge is -2.14. The Bertz CT molecular complexity index is 646. The summed E-state index contributed by atoms with van der Waals surface area (Å²) < 4.78 is 43.8. The third kappa shape index (κ3) is 10.5. The van der Waals surface area contributed by atoms with Gasteiger partial charge in [0.25, 0.3) is 5.91 Å². The predicted octanol–water partition coefficient (Wildman–Crippen LogP) is 0.339. The lowest BCUT2D eigenvalue weighted by atomic mass is 10.1. The van der Waals surface area contributed by atoms with E-state index in [0.717, 1.165) is 0 Å². The number of aromatic amines is 1. The Balaban J connectivity index is 0.000000821. The van der Waals surface area contributed by atoms with Crippen molar-refractivity contribution in [2.45, 2.75) is 25.1 Å². The number of carboxylic acid groups (broad SMARTS) is 1. The minimum atomic E-state index is -5.08. The number of nitrogens with two attached hydrogens (primary N) is 2. The van der Waals surface area contributed by atoms with Crippen LogP contribution in [-0.2, 0) is 9.59 Å². The molecule has 0 aliphatic carbocycles. The van der Waals surface area contributed by atoms with Gasteiger partial charge in [-0.1, -0.05) is 0 Å². The highest BCUT2D eigenvalue weighted by Gasteiger charge is 2.38. The maximum absolute atomic E-state index is 12.0. The summed E-state index contributed by atoms with van der Waals surface area (Å²) in [5, 5.41) is 9.66. The summed E-state index contributed by atoms with van der Waals surface area (Å²) in [5.41, 5.74) is 10.8. The number of amides is 2. The van der Waals surface area contributed by atoms with Crippen molar-refractivity contribution >= 4 is 23.6 Å². The Morgan fingerprint density at radius 1 is 1.30 bits per heavy atom. The molecule has 1 aromatic heterocycles. The number of halogens is 4. The molecule has 0 saturated heterocycles. The van der Waals surface area contributed by atoms with Gasteiger partial charge in [0.15, 0.2) is 0 Å². The summed E-state index contributed by atoms with van der Waals surface area (Å²) in [6, 6.07) is 0.791. The molecule has 0 spiro atoms. The zero-order valence-corrected chi connectivity index (χ0v) is 13.9. The molecule has 1 heterocycles. The molecule has 9 nitrogen and oxygen atoms in total. The van der Waals surface area contributed by atoms with Gasteiger partial charge in [-0.25, -0.2) is 9.18 Å². The molecule has 0 aliphatic rings. The van der Waals surface area contributed by atoms with Crippen molar-refractivity contribution in [3.05, 3.63) is 24.0 Å². The third-order valence-electron chi connectivity index (χ3n) is 2.85. The number of primary amides is 1. The summed E-state index contributed by atoms with van der Waals surface area (Å²) in [6.07, 6.45) is -1.20. The van der Waals surface area contributed by atoms with Gasteiger partial charge in [0.1, 0.15) is 18.6 Å². The number of aliphatic carboxylic acids is 1. The average Bonchev–Trinajstić information content (AvgIpc) is 3.11. The zero-order chi connectivity index (χ0) is 21.0. The molecule has 0 radical (unpaired) electrons. The van der Waals surface area contributed by atoms with Crippen LogP contribution in [0.2, 0.25) is 0 Å². The number of nitrogens with one attached hydrogen (secondary N) is 2.